The number of nitrogens with two attached hydrogens (primary N) is 1. The van der Waals surface area contributed by atoms with E-state index in [9.17, 15) is 22.0 Å². The fraction of sp³-hybridized carbons (Fsp3) is 0.143. The van der Waals surface area contributed by atoms with Crippen LogP contribution in [-0.4, -0.2) is 6.61 Å². The van der Waals surface area contributed by atoms with Gasteiger partial charge < -0.3 is 10.5 Å². The maximum atomic E-state index is 13.7. The van der Waals surface area contributed by atoms with E-state index in [-0.39, 0.29) is 16.9 Å². The molecule has 2 aromatic carbocycles. The fourth-order valence-corrected chi connectivity index (χ4v) is 1.84. The van der Waals surface area contributed by atoms with Crippen molar-refractivity contribution in [3.05, 3.63) is 65.0 Å². The zero-order chi connectivity index (χ0) is 15.6. The lowest BCUT2D eigenvalue weighted by Gasteiger charge is -2.15. The molecule has 0 saturated heterocycles. The van der Waals surface area contributed by atoms with Crippen LogP contribution >= 0.6 is 0 Å². The first-order valence-corrected chi connectivity index (χ1v) is 5.84. The molecule has 0 fully saturated rings. The van der Waals surface area contributed by atoms with E-state index < -0.39 is 30.1 Å². The Morgan fingerprint density at radius 2 is 1.67 bits per heavy atom. The number of ether oxygens (including phenoxy) is 1. The average molecular weight is 303 g/mol. The van der Waals surface area contributed by atoms with Crippen LogP contribution in [0.4, 0.5) is 22.0 Å². The lowest BCUT2D eigenvalue weighted by molar-refractivity contribution is -0.0498. The van der Waals surface area contributed by atoms with Gasteiger partial charge in [-0.15, -0.1) is 0 Å². The molecule has 0 aliphatic heterocycles. The molecule has 2 aromatic rings. The van der Waals surface area contributed by atoms with Gasteiger partial charge in [-0.2, -0.15) is 8.78 Å². The van der Waals surface area contributed by atoms with Crippen molar-refractivity contribution in [3.8, 4) is 5.75 Å². The standard InChI is InChI=1S/C14H10F5NO/c15-10-5-4-9(11(16)12(10)17)13(20)7-2-1-3-8(6-7)21-14(18)19/h1-6,13-14H,20H2. The Morgan fingerprint density at radius 3 is 2.33 bits per heavy atom. The van der Waals surface area contributed by atoms with Gasteiger partial charge >= 0.3 is 6.61 Å². The second kappa shape index (κ2) is 6.09. The molecule has 2 N–H and O–H groups in total. The van der Waals surface area contributed by atoms with Crippen molar-refractivity contribution in [1.29, 1.82) is 0 Å². The van der Waals surface area contributed by atoms with Crippen molar-refractivity contribution in [2.45, 2.75) is 12.7 Å². The first kappa shape index (κ1) is 15.2. The van der Waals surface area contributed by atoms with Gasteiger partial charge in [0.25, 0.3) is 0 Å². The van der Waals surface area contributed by atoms with Crippen LogP contribution in [0, 0.1) is 17.5 Å². The van der Waals surface area contributed by atoms with E-state index in [0.717, 1.165) is 12.1 Å². The van der Waals surface area contributed by atoms with Gasteiger partial charge in [-0.05, 0) is 23.8 Å². The van der Waals surface area contributed by atoms with Crippen LogP contribution in [0.3, 0.4) is 0 Å². The van der Waals surface area contributed by atoms with Crippen molar-refractivity contribution >= 4 is 0 Å². The van der Waals surface area contributed by atoms with E-state index in [1.165, 1.54) is 24.3 Å². The molecule has 0 aliphatic carbocycles. The van der Waals surface area contributed by atoms with Gasteiger partial charge in [-0.25, -0.2) is 13.2 Å². The molecule has 2 nitrogen and oxygen atoms in total. The van der Waals surface area contributed by atoms with Crippen molar-refractivity contribution in [2.75, 3.05) is 0 Å². The molecule has 21 heavy (non-hydrogen) atoms. The lowest BCUT2D eigenvalue weighted by Crippen LogP contribution is -2.15. The Balaban J connectivity index is 2.36. The van der Waals surface area contributed by atoms with E-state index in [1.54, 1.807) is 0 Å². The Kier molecular flexibility index (Phi) is 4.42. The maximum absolute atomic E-state index is 13.7. The van der Waals surface area contributed by atoms with Crippen molar-refractivity contribution in [3.63, 3.8) is 0 Å². The maximum Gasteiger partial charge on any atom is 0.387 e. The highest BCUT2D eigenvalue weighted by atomic mass is 19.3. The molecular weight excluding hydrogens is 293 g/mol. The Hall–Kier alpha value is -2.15. The predicted octanol–water partition coefficient (Wildman–Crippen LogP) is 3.75. The number of halogens is 5. The third-order valence-corrected chi connectivity index (χ3v) is 2.84. The fourth-order valence-electron chi connectivity index (χ4n) is 1.84. The molecule has 0 spiro atoms. The minimum atomic E-state index is -3.02. The third-order valence-electron chi connectivity index (χ3n) is 2.84. The van der Waals surface area contributed by atoms with Crippen LogP contribution in [0.2, 0.25) is 0 Å². The van der Waals surface area contributed by atoms with E-state index in [4.69, 9.17) is 5.73 Å². The summed E-state index contributed by atoms with van der Waals surface area (Å²) in [6.07, 6.45) is 0. The minimum Gasteiger partial charge on any atom is -0.435 e. The molecule has 0 saturated carbocycles. The molecule has 7 heteroatoms. The lowest BCUT2D eigenvalue weighted by atomic mass is 9.98. The summed E-state index contributed by atoms with van der Waals surface area (Å²) < 4.78 is 68.2. The van der Waals surface area contributed by atoms with Gasteiger partial charge in [0.05, 0.1) is 6.04 Å². The largest absolute Gasteiger partial charge is 0.435 e. The van der Waals surface area contributed by atoms with Crippen LogP contribution in [0.5, 0.6) is 5.75 Å². The zero-order valence-electron chi connectivity index (χ0n) is 10.5. The first-order chi connectivity index (χ1) is 9.90. The Bertz CT molecular complexity index is 647. The predicted molar refractivity (Wildman–Crippen MR) is 65.4 cm³/mol. The minimum absolute atomic E-state index is 0.166. The van der Waals surface area contributed by atoms with Crippen LogP contribution in [0.1, 0.15) is 17.2 Å². The smallest absolute Gasteiger partial charge is 0.387 e. The topological polar surface area (TPSA) is 35.2 Å². The molecule has 2 rings (SSSR count). The van der Waals surface area contributed by atoms with Gasteiger partial charge in [-0.1, -0.05) is 18.2 Å². The van der Waals surface area contributed by atoms with Crippen molar-refractivity contribution in [1.82, 2.24) is 0 Å². The molecule has 0 heterocycles. The quantitative estimate of drug-likeness (QED) is 0.689. The van der Waals surface area contributed by atoms with Crippen molar-refractivity contribution in [2.24, 2.45) is 5.73 Å². The number of hydrogen-bond acceptors (Lipinski definition) is 2. The van der Waals surface area contributed by atoms with Crippen LogP contribution in [-0.2, 0) is 0 Å². The first-order valence-electron chi connectivity index (χ1n) is 5.84. The number of rotatable bonds is 4. The van der Waals surface area contributed by atoms with Crippen LogP contribution in [0.15, 0.2) is 36.4 Å². The molecule has 0 radical (unpaired) electrons. The number of benzene rings is 2. The highest BCUT2D eigenvalue weighted by Gasteiger charge is 2.20. The molecule has 0 aliphatic rings. The summed E-state index contributed by atoms with van der Waals surface area (Å²) in [5.41, 5.74) is 5.70. The molecule has 0 aromatic heterocycles. The molecule has 1 atom stereocenters. The van der Waals surface area contributed by atoms with Gasteiger partial charge in [0.15, 0.2) is 17.5 Å². The molecule has 0 amide bonds. The molecule has 0 bridgehead atoms. The van der Waals surface area contributed by atoms with E-state index >= 15 is 0 Å². The second-order valence-electron chi connectivity index (χ2n) is 4.19. The number of alkyl halides is 2. The molecule has 112 valence electrons. The highest BCUT2D eigenvalue weighted by Crippen LogP contribution is 2.27. The normalized spacial score (nSPS) is 12.5. The van der Waals surface area contributed by atoms with Crippen LogP contribution in [0.25, 0.3) is 0 Å². The summed E-state index contributed by atoms with van der Waals surface area (Å²) >= 11 is 0. The third kappa shape index (κ3) is 3.30. The highest BCUT2D eigenvalue weighted by molar-refractivity contribution is 5.37. The van der Waals surface area contributed by atoms with E-state index in [1.807, 2.05) is 0 Å². The molecular formula is C14H10F5NO. The summed E-state index contributed by atoms with van der Waals surface area (Å²) in [7, 11) is 0. The Labute approximate surface area is 116 Å². The SMILES string of the molecule is NC(c1cccc(OC(F)F)c1)c1ccc(F)c(F)c1F. The average Bonchev–Trinajstić information content (AvgIpc) is 2.44. The monoisotopic (exact) mass is 303 g/mol. The summed E-state index contributed by atoms with van der Waals surface area (Å²) in [6, 6.07) is 5.85. The van der Waals surface area contributed by atoms with Gasteiger partial charge in [0, 0.05) is 5.56 Å². The van der Waals surface area contributed by atoms with Crippen molar-refractivity contribution < 1.29 is 26.7 Å². The summed E-state index contributed by atoms with van der Waals surface area (Å²) in [6.45, 7) is -3.02. The van der Waals surface area contributed by atoms with Gasteiger partial charge in [0.2, 0.25) is 0 Å². The summed E-state index contributed by atoms with van der Waals surface area (Å²) in [4.78, 5) is 0. The zero-order valence-corrected chi connectivity index (χ0v) is 10.5. The molecule has 1 unspecified atom stereocenters. The Morgan fingerprint density at radius 1 is 0.952 bits per heavy atom. The summed E-state index contributed by atoms with van der Waals surface area (Å²) in [5.74, 6) is -4.55. The second-order valence-corrected chi connectivity index (χ2v) is 4.19. The van der Waals surface area contributed by atoms with Crippen LogP contribution < -0.4 is 10.5 Å². The van der Waals surface area contributed by atoms with E-state index in [0.29, 0.717) is 0 Å². The number of hydrogen-bond donors (Lipinski definition) is 1. The van der Waals surface area contributed by atoms with Gasteiger partial charge in [-0.3, -0.25) is 0 Å². The van der Waals surface area contributed by atoms with E-state index in [2.05, 4.69) is 4.74 Å². The van der Waals surface area contributed by atoms with Gasteiger partial charge in [0.1, 0.15) is 5.75 Å². The summed E-state index contributed by atoms with van der Waals surface area (Å²) in [5, 5.41) is 0.